The number of rotatable bonds is 1. The molecule has 1 aromatic heterocycles. The van der Waals surface area contributed by atoms with E-state index in [4.69, 9.17) is 0 Å². The van der Waals surface area contributed by atoms with E-state index in [1.165, 1.54) is 75.1 Å². The molecule has 0 saturated carbocycles. The summed E-state index contributed by atoms with van der Waals surface area (Å²) in [5, 5.41) is 8.01. The molecule has 0 spiro atoms. The molecule has 0 atom stereocenters. The van der Waals surface area contributed by atoms with Crippen LogP contribution in [0.4, 0.5) is 0 Å². The summed E-state index contributed by atoms with van der Waals surface area (Å²) in [6, 6.07) is 40.6. The first kappa shape index (κ1) is 17.6. The fraction of sp³-hybridized carbons (Fsp3) is 0. The van der Waals surface area contributed by atoms with E-state index < -0.39 is 0 Å². The molecular formula is C32H18S. The molecule has 0 saturated heterocycles. The molecule has 8 rings (SSSR count). The van der Waals surface area contributed by atoms with Crippen LogP contribution >= 0.6 is 11.3 Å². The Hall–Kier alpha value is -3.94. The van der Waals surface area contributed by atoms with Gasteiger partial charge in [0.2, 0.25) is 0 Å². The molecule has 1 heterocycles. The molecule has 152 valence electrons. The van der Waals surface area contributed by atoms with Gasteiger partial charge in [0, 0.05) is 20.2 Å². The van der Waals surface area contributed by atoms with Gasteiger partial charge in [-0.25, -0.2) is 0 Å². The fourth-order valence-corrected chi connectivity index (χ4v) is 6.77. The van der Waals surface area contributed by atoms with Crippen molar-refractivity contribution < 1.29 is 0 Å². The summed E-state index contributed by atoms with van der Waals surface area (Å²) in [7, 11) is 0. The Kier molecular flexibility index (Phi) is 3.37. The van der Waals surface area contributed by atoms with Gasteiger partial charge in [-0.2, -0.15) is 0 Å². The van der Waals surface area contributed by atoms with Gasteiger partial charge in [0.15, 0.2) is 0 Å². The molecule has 33 heavy (non-hydrogen) atoms. The molecule has 1 aliphatic rings. The largest absolute Gasteiger partial charge is 0.135 e. The van der Waals surface area contributed by atoms with Crippen LogP contribution in [0.15, 0.2) is 109 Å². The minimum atomic E-state index is 1.27. The zero-order valence-electron chi connectivity index (χ0n) is 17.8. The lowest BCUT2D eigenvalue weighted by atomic mass is 9.94. The van der Waals surface area contributed by atoms with Crippen molar-refractivity contribution in [2.75, 3.05) is 0 Å². The van der Waals surface area contributed by atoms with Crippen LogP contribution in [0.2, 0.25) is 0 Å². The van der Waals surface area contributed by atoms with Crippen molar-refractivity contribution in [3.05, 3.63) is 109 Å². The first-order valence-electron chi connectivity index (χ1n) is 11.4. The number of fused-ring (bicyclic) bond motifs is 7. The Morgan fingerprint density at radius 1 is 0.394 bits per heavy atom. The number of thiophene rings is 1. The Morgan fingerprint density at radius 3 is 2.12 bits per heavy atom. The summed E-state index contributed by atoms with van der Waals surface area (Å²) < 4.78 is 2.72. The molecule has 0 aliphatic heterocycles. The summed E-state index contributed by atoms with van der Waals surface area (Å²) in [5.41, 5.74) is 7.96. The van der Waals surface area contributed by atoms with Crippen LogP contribution in [0.1, 0.15) is 0 Å². The molecule has 0 nitrogen and oxygen atoms in total. The second-order valence-corrected chi connectivity index (χ2v) is 10.1. The standard InChI is InChI=1S/C32H18S/c1-2-8-25-24(7-1)27-10-5-6-21-15-23(17-29(25)32(21)27)19-12-13-20-18-31-28(16-22(20)14-19)26-9-3-4-11-30(26)33-31/h1-18H. The van der Waals surface area contributed by atoms with Gasteiger partial charge >= 0.3 is 0 Å². The van der Waals surface area contributed by atoms with Crippen molar-refractivity contribution in [3.8, 4) is 33.4 Å². The first-order valence-corrected chi connectivity index (χ1v) is 12.2. The van der Waals surface area contributed by atoms with E-state index in [1.807, 2.05) is 11.3 Å². The predicted octanol–water partition coefficient (Wildman–Crippen LogP) is 9.68. The van der Waals surface area contributed by atoms with Gasteiger partial charge in [-0.1, -0.05) is 72.8 Å². The summed E-state index contributed by atoms with van der Waals surface area (Å²) in [6.45, 7) is 0. The summed E-state index contributed by atoms with van der Waals surface area (Å²) >= 11 is 1.88. The lowest BCUT2D eigenvalue weighted by molar-refractivity contribution is 1.68. The Morgan fingerprint density at radius 2 is 1.18 bits per heavy atom. The van der Waals surface area contributed by atoms with Crippen LogP contribution in [0.25, 0.3) is 75.1 Å². The minimum Gasteiger partial charge on any atom is -0.135 e. The third-order valence-corrected chi connectivity index (χ3v) is 8.29. The second kappa shape index (κ2) is 6.31. The van der Waals surface area contributed by atoms with Crippen LogP contribution in [0.5, 0.6) is 0 Å². The number of hydrogen-bond acceptors (Lipinski definition) is 1. The molecule has 7 aromatic rings. The van der Waals surface area contributed by atoms with Gasteiger partial charge in [0.05, 0.1) is 0 Å². The lowest BCUT2D eigenvalue weighted by Gasteiger charge is -2.09. The molecule has 6 aromatic carbocycles. The van der Waals surface area contributed by atoms with E-state index in [0.717, 1.165) is 0 Å². The van der Waals surface area contributed by atoms with E-state index in [0.29, 0.717) is 0 Å². The fourth-order valence-electron chi connectivity index (χ4n) is 5.63. The average Bonchev–Trinajstić information content (AvgIpc) is 3.39. The van der Waals surface area contributed by atoms with Crippen LogP contribution in [0, 0.1) is 0 Å². The first-order chi connectivity index (χ1) is 16.3. The van der Waals surface area contributed by atoms with Gasteiger partial charge in [0.25, 0.3) is 0 Å². The van der Waals surface area contributed by atoms with E-state index in [9.17, 15) is 0 Å². The van der Waals surface area contributed by atoms with E-state index in [2.05, 4.69) is 109 Å². The molecular weight excluding hydrogens is 416 g/mol. The SMILES string of the molecule is c1ccc2c(c1)-c1cccc3cc(-c4ccc5cc6sc7ccccc7c6cc5c4)cc-2c13. The van der Waals surface area contributed by atoms with Crippen molar-refractivity contribution >= 4 is 53.1 Å². The van der Waals surface area contributed by atoms with Crippen LogP contribution in [0.3, 0.4) is 0 Å². The summed E-state index contributed by atoms with van der Waals surface area (Å²) in [4.78, 5) is 0. The number of benzene rings is 6. The quantitative estimate of drug-likeness (QED) is 0.241. The molecule has 0 unspecified atom stereocenters. The van der Waals surface area contributed by atoms with E-state index in [-0.39, 0.29) is 0 Å². The molecule has 1 aliphatic carbocycles. The van der Waals surface area contributed by atoms with Gasteiger partial charge < -0.3 is 0 Å². The topological polar surface area (TPSA) is 0 Å². The summed E-state index contributed by atoms with van der Waals surface area (Å²) in [6.07, 6.45) is 0. The van der Waals surface area contributed by atoms with Gasteiger partial charge in [-0.3, -0.25) is 0 Å². The Labute approximate surface area is 195 Å². The zero-order chi connectivity index (χ0) is 21.5. The van der Waals surface area contributed by atoms with Crippen LogP contribution in [-0.4, -0.2) is 0 Å². The van der Waals surface area contributed by atoms with Crippen molar-refractivity contribution in [1.82, 2.24) is 0 Å². The molecule has 0 N–H and O–H groups in total. The maximum Gasteiger partial charge on any atom is 0.0361 e. The van der Waals surface area contributed by atoms with Gasteiger partial charge in [-0.15, -0.1) is 11.3 Å². The molecule has 0 fully saturated rings. The highest BCUT2D eigenvalue weighted by Gasteiger charge is 2.21. The van der Waals surface area contributed by atoms with E-state index in [1.54, 1.807) is 0 Å². The normalized spacial score (nSPS) is 12.2. The maximum absolute atomic E-state index is 2.39. The third kappa shape index (κ3) is 2.40. The predicted molar refractivity (Wildman–Crippen MR) is 144 cm³/mol. The average molecular weight is 435 g/mol. The lowest BCUT2D eigenvalue weighted by Crippen LogP contribution is -1.83. The van der Waals surface area contributed by atoms with Crippen molar-refractivity contribution in [2.45, 2.75) is 0 Å². The Bertz CT molecular complexity index is 1920. The van der Waals surface area contributed by atoms with Crippen molar-refractivity contribution in [3.63, 3.8) is 0 Å². The smallest absolute Gasteiger partial charge is 0.0361 e. The highest BCUT2D eigenvalue weighted by molar-refractivity contribution is 7.25. The minimum absolute atomic E-state index is 1.27. The van der Waals surface area contributed by atoms with Gasteiger partial charge in [-0.05, 0) is 91.3 Å². The second-order valence-electron chi connectivity index (χ2n) is 8.98. The monoisotopic (exact) mass is 434 g/mol. The maximum atomic E-state index is 2.39. The Balaban J connectivity index is 1.38. The highest BCUT2D eigenvalue weighted by atomic mass is 32.1. The zero-order valence-corrected chi connectivity index (χ0v) is 18.6. The molecule has 0 bridgehead atoms. The van der Waals surface area contributed by atoms with Crippen LogP contribution < -0.4 is 0 Å². The number of hydrogen-bond donors (Lipinski definition) is 0. The molecule has 0 radical (unpaired) electrons. The third-order valence-electron chi connectivity index (χ3n) is 7.15. The highest BCUT2D eigenvalue weighted by Crippen LogP contribution is 2.48. The van der Waals surface area contributed by atoms with Gasteiger partial charge in [0.1, 0.15) is 0 Å². The summed E-state index contributed by atoms with van der Waals surface area (Å²) in [5.74, 6) is 0. The van der Waals surface area contributed by atoms with Crippen LogP contribution in [-0.2, 0) is 0 Å². The van der Waals surface area contributed by atoms with E-state index >= 15 is 0 Å². The van der Waals surface area contributed by atoms with Crippen molar-refractivity contribution in [1.29, 1.82) is 0 Å². The molecule has 1 heteroatoms. The van der Waals surface area contributed by atoms with Crippen molar-refractivity contribution in [2.24, 2.45) is 0 Å². The molecule has 0 amide bonds.